The first kappa shape index (κ1) is 42.9. The van der Waals surface area contributed by atoms with E-state index in [0.29, 0.717) is 74.0 Å². The number of hydrogen-bond donors (Lipinski definition) is 4. The van der Waals surface area contributed by atoms with E-state index in [1.54, 1.807) is 55.8 Å². The maximum absolute atomic E-state index is 13.5. The first-order valence-electron chi connectivity index (χ1n) is 19.4. The van der Waals surface area contributed by atoms with Gasteiger partial charge in [0.15, 0.2) is 11.5 Å². The van der Waals surface area contributed by atoms with E-state index in [4.69, 9.17) is 52.6 Å². The van der Waals surface area contributed by atoms with Gasteiger partial charge in [0.1, 0.15) is 35.2 Å². The third kappa shape index (κ3) is 11.1. The Morgan fingerprint density at radius 1 is 0.869 bits per heavy atom. The number of morpholine rings is 1. The Morgan fingerprint density at radius 2 is 1.64 bits per heavy atom. The first-order chi connectivity index (χ1) is 29.6. The molecule has 3 amide bonds. The second-order valence-electron chi connectivity index (χ2n) is 14.0. The second-order valence-corrected chi connectivity index (χ2v) is 14.8. The van der Waals surface area contributed by atoms with E-state index in [-0.39, 0.29) is 22.7 Å². The van der Waals surface area contributed by atoms with Gasteiger partial charge in [0, 0.05) is 66.5 Å². The number of fused-ring (bicyclic) bond motifs is 2. The number of ether oxygens (including phenoxy) is 5. The lowest BCUT2D eigenvalue weighted by atomic mass is 10.1. The number of methoxy groups -OCH3 is 2. The quantitative estimate of drug-likeness (QED) is 0.0769. The maximum Gasteiger partial charge on any atom is 0.319 e. The van der Waals surface area contributed by atoms with E-state index in [9.17, 15) is 14.0 Å². The minimum Gasteiger partial charge on any atom is -0.496 e. The molecule has 0 atom stereocenters. The van der Waals surface area contributed by atoms with Crippen LogP contribution < -0.4 is 40.6 Å². The van der Waals surface area contributed by atoms with Crippen molar-refractivity contribution >= 4 is 74.1 Å². The van der Waals surface area contributed by atoms with Crippen molar-refractivity contribution in [2.24, 2.45) is 5.73 Å². The Hall–Kier alpha value is -6.20. The van der Waals surface area contributed by atoms with Crippen LogP contribution in [-0.4, -0.2) is 91.5 Å². The van der Waals surface area contributed by atoms with Crippen molar-refractivity contribution in [3.05, 3.63) is 101 Å². The lowest BCUT2D eigenvalue weighted by Crippen LogP contribution is -2.37. The van der Waals surface area contributed by atoms with Crippen LogP contribution in [0.15, 0.2) is 79.3 Å². The van der Waals surface area contributed by atoms with E-state index >= 15 is 0 Å². The van der Waals surface area contributed by atoms with Gasteiger partial charge in [-0.25, -0.2) is 19.2 Å². The highest BCUT2D eigenvalue weighted by Crippen LogP contribution is 2.37. The summed E-state index contributed by atoms with van der Waals surface area (Å²) in [5.41, 5.74) is 8.05. The molecular formula is C43H43Cl2FN8O7. The number of nitrogens with two attached hydrogens (primary N) is 1. The summed E-state index contributed by atoms with van der Waals surface area (Å²) in [4.78, 5) is 39.0. The summed E-state index contributed by atoms with van der Waals surface area (Å²) in [6.07, 6.45) is 5.93. The van der Waals surface area contributed by atoms with Crippen LogP contribution in [-0.2, 0) is 4.74 Å². The van der Waals surface area contributed by atoms with Gasteiger partial charge in [0.25, 0.3) is 5.91 Å². The molecule has 1 saturated carbocycles. The van der Waals surface area contributed by atoms with E-state index in [0.717, 1.165) is 57.5 Å². The summed E-state index contributed by atoms with van der Waals surface area (Å²) < 4.78 is 41.6. The molecule has 1 saturated heterocycles. The van der Waals surface area contributed by atoms with Gasteiger partial charge in [0.05, 0.1) is 66.4 Å². The standard InChI is InChI=1S/C22H24ClFN4O3.C21H19ClN4O4/c1-29-20-13-19-16(12-21(20)31-8-2-5-28-6-9-30-10-7-28)22(26-14-25-19)27-15-3-4-18(24)17(23)11-15;1-29-19-10-17-13(9-14(19)20(23)27)18(6-7-24-17)30-12-4-5-16(15(22)8-12)26-21(28)25-11-2-3-11/h3-4,11-14H,2,5-10H2,1H3,(H,25,26,27);4-11H,2-3H2,1H3,(H2,23,27)(H2,25,26,28). The molecule has 1 aliphatic heterocycles. The number of carbonyl (C=O) groups excluding carboxylic acids is 2. The lowest BCUT2D eigenvalue weighted by Gasteiger charge is -2.26. The molecule has 4 aromatic carbocycles. The normalized spacial score (nSPS) is 13.8. The van der Waals surface area contributed by atoms with Crippen LogP contribution in [0.1, 0.15) is 29.6 Å². The first-order valence-corrected chi connectivity index (χ1v) is 20.1. The van der Waals surface area contributed by atoms with Crippen LogP contribution in [0.4, 0.5) is 26.4 Å². The average molecular weight is 874 g/mol. The highest BCUT2D eigenvalue weighted by atomic mass is 35.5. The van der Waals surface area contributed by atoms with Crippen molar-refractivity contribution < 1.29 is 37.7 Å². The largest absolute Gasteiger partial charge is 0.496 e. The van der Waals surface area contributed by atoms with Gasteiger partial charge in [-0.05, 0) is 67.8 Å². The van der Waals surface area contributed by atoms with E-state index in [2.05, 4.69) is 35.8 Å². The predicted molar refractivity (Wildman–Crippen MR) is 232 cm³/mol. The zero-order chi connectivity index (χ0) is 42.9. The van der Waals surface area contributed by atoms with Crippen LogP contribution in [0.3, 0.4) is 0 Å². The molecule has 18 heteroatoms. The molecule has 0 unspecified atom stereocenters. The number of halogens is 3. The molecule has 2 aromatic heterocycles. The highest BCUT2D eigenvalue weighted by Gasteiger charge is 2.23. The number of urea groups is 1. The molecule has 5 N–H and O–H groups in total. The zero-order valence-corrected chi connectivity index (χ0v) is 34.8. The molecule has 0 spiro atoms. The third-order valence-electron chi connectivity index (χ3n) is 9.70. The topological polar surface area (TPSA) is 184 Å². The molecule has 3 heterocycles. The number of aromatic nitrogens is 3. The molecule has 61 heavy (non-hydrogen) atoms. The van der Waals surface area contributed by atoms with Gasteiger partial charge in [-0.3, -0.25) is 14.7 Å². The van der Waals surface area contributed by atoms with E-state index in [1.165, 1.54) is 25.6 Å². The summed E-state index contributed by atoms with van der Waals surface area (Å²) in [5, 5.41) is 10.4. The molecule has 2 fully saturated rings. The monoisotopic (exact) mass is 872 g/mol. The van der Waals surface area contributed by atoms with Crippen molar-refractivity contribution in [1.82, 2.24) is 25.2 Å². The summed E-state index contributed by atoms with van der Waals surface area (Å²) in [5.74, 6) is 1.95. The second kappa shape index (κ2) is 19.9. The van der Waals surface area contributed by atoms with Crippen molar-refractivity contribution in [2.45, 2.75) is 25.3 Å². The molecule has 0 radical (unpaired) electrons. The third-order valence-corrected chi connectivity index (χ3v) is 10.3. The van der Waals surface area contributed by atoms with Crippen molar-refractivity contribution in [1.29, 1.82) is 0 Å². The van der Waals surface area contributed by atoms with Crippen LogP contribution in [0.5, 0.6) is 28.7 Å². The number of carbonyl (C=O) groups is 2. The van der Waals surface area contributed by atoms with Crippen LogP contribution in [0.25, 0.3) is 21.8 Å². The molecular weight excluding hydrogens is 830 g/mol. The molecule has 318 valence electrons. The number of primary amides is 1. The summed E-state index contributed by atoms with van der Waals surface area (Å²) in [7, 11) is 3.05. The molecule has 8 rings (SSSR count). The Kier molecular flexibility index (Phi) is 14.0. The van der Waals surface area contributed by atoms with Crippen molar-refractivity contribution in [3.8, 4) is 28.7 Å². The Labute approximate surface area is 360 Å². The molecule has 0 bridgehead atoms. The maximum atomic E-state index is 13.5. The predicted octanol–water partition coefficient (Wildman–Crippen LogP) is 8.35. The number of benzene rings is 4. The Balaban J connectivity index is 0.000000184. The number of nitrogens with one attached hydrogen (secondary N) is 3. The van der Waals surface area contributed by atoms with Gasteiger partial charge in [-0.2, -0.15) is 0 Å². The van der Waals surface area contributed by atoms with Gasteiger partial charge in [-0.1, -0.05) is 23.2 Å². The highest BCUT2D eigenvalue weighted by molar-refractivity contribution is 6.33. The van der Waals surface area contributed by atoms with Crippen LogP contribution >= 0.6 is 23.2 Å². The molecule has 15 nitrogen and oxygen atoms in total. The van der Waals surface area contributed by atoms with Crippen molar-refractivity contribution in [3.63, 3.8) is 0 Å². The number of nitrogens with zero attached hydrogens (tertiary/aromatic N) is 4. The van der Waals surface area contributed by atoms with Gasteiger partial charge >= 0.3 is 6.03 Å². The van der Waals surface area contributed by atoms with E-state index < -0.39 is 11.7 Å². The number of anilines is 3. The summed E-state index contributed by atoms with van der Waals surface area (Å²) in [6.45, 7) is 5.00. The Bertz CT molecular complexity index is 2540. The molecule has 2 aliphatic rings. The fraction of sp³-hybridized carbons (Fsp3) is 0.279. The van der Waals surface area contributed by atoms with Gasteiger partial charge in [0.2, 0.25) is 0 Å². The van der Waals surface area contributed by atoms with Crippen molar-refractivity contribution in [2.75, 3.05) is 64.3 Å². The van der Waals surface area contributed by atoms with E-state index in [1.807, 2.05) is 12.1 Å². The fourth-order valence-corrected chi connectivity index (χ4v) is 6.80. The summed E-state index contributed by atoms with van der Waals surface area (Å²) in [6, 6.07) is 17.9. The smallest absolute Gasteiger partial charge is 0.319 e. The number of pyridine rings is 1. The summed E-state index contributed by atoms with van der Waals surface area (Å²) >= 11 is 12.2. The van der Waals surface area contributed by atoms with Gasteiger partial charge in [-0.15, -0.1) is 0 Å². The zero-order valence-electron chi connectivity index (χ0n) is 33.3. The number of rotatable bonds is 14. The Morgan fingerprint density at radius 3 is 2.36 bits per heavy atom. The minimum absolute atomic E-state index is 0.0364. The van der Waals surface area contributed by atoms with Crippen LogP contribution in [0.2, 0.25) is 10.0 Å². The fourth-order valence-electron chi connectivity index (χ4n) is 6.40. The molecule has 6 aromatic rings. The minimum atomic E-state index is -0.619. The lowest BCUT2D eigenvalue weighted by molar-refractivity contribution is 0.0357. The van der Waals surface area contributed by atoms with Gasteiger partial charge < -0.3 is 45.4 Å². The number of hydrogen-bond acceptors (Lipinski definition) is 12. The van der Waals surface area contributed by atoms with Crippen LogP contribution in [0, 0.1) is 5.82 Å². The number of amides is 3. The molecule has 1 aliphatic carbocycles. The average Bonchev–Trinajstić information content (AvgIpc) is 4.08. The SMILES string of the molecule is COc1cc2nccc(Oc3ccc(NC(=O)NC4CC4)c(Cl)c3)c2cc1C(N)=O.COc1cc2ncnc(Nc3ccc(F)c(Cl)c3)c2cc1OCCCN1CCOCC1.